The average Bonchev–Trinajstić information content (AvgIpc) is 3.08. The Morgan fingerprint density at radius 1 is 1.21 bits per heavy atom. The van der Waals surface area contributed by atoms with Crippen molar-refractivity contribution < 1.29 is 14.7 Å². The second-order valence-electron chi connectivity index (χ2n) is 7.09. The quantitative estimate of drug-likeness (QED) is 0.680. The molecule has 0 spiro atoms. The lowest BCUT2D eigenvalue weighted by atomic mass is 10.1. The van der Waals surface area contributed by atoms with Crippen LogP contribution >= 0.6 is 0 Å². The van der Waals surface area contributed by atoms with Crippen LogP contribution in [0.4, 0.5) is 0 Å². The maximum Gasteiger partial charge on any atom is 0.323 e. The molecular weight excluding hydrogens is 356 g/mol. The number of carbonyl (C=O) groups excluding carboxylic acids is 1. The lowest BCUT2D eigenvalue weighted by Gasteiger charge is -2.21. The first kappa shape index (κ1) is 19.5. The number of carbonyl (C=O) groups is 2. The van der Waals surface area contributed by atoms with Gasteiger partial charge in [-0.25, -0.2) is 9.67 Å². The summed E-state index contributed by atoms with van der Waals surface area (Å²) in [7, 11) is 0. The summed E-state index contributed by atoms with van der Waals surface area (Å²) in [6.45, 7) is 5.77. The number of rotatable bonds is 7. The zero-order valence-corrected chi connectivity index (χ0v) is 16.3. The number of pyridine rings is 1. The van der Waals surface area contributed by atoms with Crippen LogP contribution in [0, 0.1) is 6.92 Å². The molecule has 7 nitrogen and oxygen atoms in total. The van der Waals surface area contributed by atoms with Crippen LogP contribution in [0.2, 0.25) is 0 Å². The third kappa shape index (κ3) is 4.19. The van der Waals surface area contributed by atoms with Crippen LogP contribution in [0.25, 0.3) is 11.0 Å². The first-order valence-corrected chi connectivity index (χ1v) is 9.26. The molecule has 0 bridgehead atoms. The van der Waals surface area contributed by atoms with Gasteiger partial charge < -0.3 is 10.0 Å². The van der Waals surface area contributed by atoms with Crippen molar-refractivity contribution in [3.8, 4) is 0 Å². The molecule has 0 saturated heterocycles. The molecule has 0 atom stereocenters. The van der Waals surface area contributed by atoms with Crippen LogP contribution in [0.15, 0.2) is 42.6 Å². The summed E-state index contributed by atoms with van der Waals surface area (Å²) in [5, 5.41) is 14.3. The third-order valence-corrected chi connectivity index (χ3v) is 4.54. The molecule has 146 valence electrons. The molecule has 0 unspecified atom stereocenters. The predicted molar refractivity (Wildman–Crippen MR) is 106 cm³/mol. The molecule has 1 aromatic carbocycles. The lowest BCUT2D eigenvalue weighted by molar-refractivity contribution is -0.137. The van der Waals surface area contributed by atoms with Gasteiger partial charge in [-0.2, -0.15) is 5.10 Å². The SMILES string of the molecule is Cc1cc(C(=O)N(CCc2ccccc2)CC(=O)O)c2cnn(C(C)C)c2n1. The highest BCUT2D eigenvalue weighted by Gasteiger charge is 2.23. The zero-order valence-electron chi connectivity index (χ0n) is 16.3. The summed E-state index contributed by atoms with van der Waals surface area (Å²) in [6.07, 6.45) is 2.21. The predicted octanol–water partition coefficient (Wildman–Crippen LogP) is 3.09. The molecule has 2 heterocycles. The Kier molecular flexibility index (Phi) is 5.73. The van der Waals surface area contributed by atoms with E-state index >= 15 is 0 Å². The van der Waals surface area contributed by atoms with Crippen molar-refractivity contribution in [2.24, 2.45) is 0 Å². The number of aliphatic carboxylic acids is 1. The van der Waals surface area contributed by atoms with E-state index in [1.807, 2.05) is 51.1 Å². The van der Waals surface area contributed by atoms with E-state index < -0.39 is 5.97 Å². The van der Waals surface area contributed by atoms with Crippen molar-refractivity contribution in [3.05, 3.63) is 59.4 Å². The van der Waals surface area contributed by atoms with Gasteiger partial charge in [-0.3, -0.25) is 9.59 Å². The van der Waals surface area contributed by atoms with Crippen molar-refractivity contribution in [1.82, 2.24) is 19.7 Å². The number of benzene rings is 1. The first-order valence-electron chi connectivity index (χ1n) is 9.26. The molecule has 0 fully saturated rings. The highest BCUT2D eigenvalue weighted by Crippen LogP contribution is 2.22. The number of hydrogen-bond donors (Lipinski definition) is 1. The smallest absolute Gasteiger partial charge is 0.323 e. The van der Waals surface area contributed by atoms with Gasteiger partial charge in [0.05, 0.1) is 17.1 Å². The van der Waals surface area contributed by atoms with Crippen LogP contribution in [0.1, 0.15) is 41.5 Å². The van der Waals surface area contributed by atoms with E-state index in [0.717, 1.165) is 5.56 Å². The van der Waals surface area contributed by atoms with E-state index in [1.54, 1.807) is 16.9 Å². The molecule has 3 aromatic rings. The fourth-order valence-corrected chi connectivity index (χ4v) is 3.19. The van der Waals surface area contributed by atoms with E-state index in [2.05, 4.69) is 10.1 Å². The van der Waals surface area contributed by atoms with Crippen molar-refractivity contribution >= 4 is 22.9 Å². The second-order valence-corrected chi connectivity index (χ2v) is 7.09. The third-order valence-electron chi connectivity index (χ3n) is 4.54. The largest absolute Gasteiger partial charge is 0.480 e. The lowest BCUT2D eigenvalue weighted by Crippen LogP contribution is -2.37. The van der Waals surface area contributed by atoms with E-state index in [9.17, 15) is 14.7 Å². The van der Waals surface area contributed by atoms with E-state index in [-0.39, 0.29) is 18.5 Å². The molecular formula is C21H24N4O3. The minimum Gasteiger partial charge on any atom is -0.480 e. The van der Waals surface area contributed by atoms with Crippen LogP contribution in [-0.4, -0.2) is 49.7 Å². The Morgan fingerprint density at radius 2 is 1.93 bits per heavy atom. The summed E-state index contributed by atoms with van der Waals surface area (Å²) in [4.78, 5) is 30.5. The van der Waals surface area contributed by atoms with Gasteiger partial charge in [-0.05, 0) is 38.8 Å². The number of aromatic nitrogens is 3. The minimum absolute atomic E-state index is 0.1000. The zero-order chi connectivity index (χ0) is 20.3. The van der Waals surface area contributed by atoms with Crippen LogP contribution in [-0.2, 0) is 11.2 Å². The van der Waals surface area contributed by atoms with Crippen molar-refractivity contribution in [3.63, 3.8) is 0 Å². The number of nitrogens with zero attached hydrogens (tertiary/aromatic N) is 4. The van der Waals surface area contributed by atoms with Gasteiger partial charge >= 0.3 is 5.97 Å². The van der Waals surface area contributed by atoms with Gasteiger partial charge in [-0.15, -0.1) is 0 Å². The number of amides is 1. The van der Waals surface area contributed by atoms with Gasteiger partial charge in [0.15, 0.2) is 5.65 Å². The number of carboxylic acid groups (broad SMARTS) is 1. The number of aryl methyl sites for hydroxylation is 1. The average molecular weight is 380 g/mol. The molecule has 0 radical (unpaired) electrons. The fraction of sp³-hybridized carbons (Fsp3) is 0.333. The maximum absolute atomic E-state index is 13.2. The van der Waals surface area contributed by atoms with Crippen molar-refractivity contribution in [2.75, 3.05) is 13.1 Å². The van der Waals surface area contributed by atoms with E-state index in [4.69, 9.17) is 0 Å². The van der Waals surface area contributed by atoms with Crippen LogP contribution < -0.4 is 0 Å². The highest BCUT2D eigenvalue weighted by molar-refractivity contribution is 6.06. The Morgan fingerprint density at radius 3 is 2.57 bits per heavy atom. The molecule has 0 aliphatic heterocycles. The van der Waals surface area contributed by atoms with Gasteiger partial charge in [0.25, 0.3) is 5.91 Å². The highest BCUT2D eigenvalue weighted by atomic mass is 16.4. The summed E-state index contributed by atoms with van der Waals surface area (Å²) in [6, 6.07) is 11.5. The molecule has 0 aliphatic rings. The molecule has 2 aromatic heterocycles. The Labute approximate surface area is 163 Å². The van der Waals surface area contributed by atoms with E-state index in [1.165, 1.54) is 4.90 Å². The summed E-state index contributed by atoms with van der Waals surface area (Å²) in [5.41, 5.74) is 2.81. The Bertz CT molecular complexity index is 996. The molecule has 0 saturated carbocycles. The monoisotopic (exact) mass is 380 g/mol. The van der Waals surface area contributed by atoms with Crippen molar-refractivity contribution in [1.29, 1.82) is 0 Å². The van der Waals surface area contributed by atoms with Crippen LogP contribution in [0.3, 0.4) is 0 Å². The van der Waals surface area contributed by atoms with Crippen molar-refractivity contribution in [2.45, 2.75) is 33.2 Å². The molecule has 28 heavy (non-hydrogen) atoms. The molecule has 1 amide bonds. The summed E-state index contributed by atoms with van der Waals surface area (Å²) < 4.78 is 1.77. The Hall–Kier alpha value is -3.22. The number of hydrogen-bond acceptors (Lipinski definition) is 4. The van der Waals surface area contributed by atoms with Gasteiger partial charge in [0.2, 0.25) is 0 Å². The second kappa shape index (κ2) is 8.21. The Balaban J connectivity index is 1.95. The molecule has 3 rings (SSSR count). The van der Waals surface area contributed by atoms with Gasteiger partial charge in [-0.1, -0.05) is 30.3 Å². The normalized spacial score (nSPS) is 11.1. The fourth-order valence-electron chi connectivity index (χ4n) is 3.19. The molecule has 7 heteroatoms. The summed E-state index contributed by atoms with van der Waals surface area (Å²) in [5.74, 6) is -1.36. The topological polar surface area (TPSA) is 88.3 Å². The minimum atomic E-state index is -1.04. The number of carboxylic acids is 1. The number of fused-ring (bicyclic) bond motifs is 1. The van der Waals surface area contributed by atoms with Gasteiger partial charge in [0.1, 0.15) is 6.54 Å². The van der Waals surface area contributed by atoms with E-state index in [0.29, 0.717) is 35.3 Å². The molecule has 1 N–H and O–H groups in total. The first-order chi connectivity index (χ1) is 13.4. The standard InChI is InChI=1S/C21H24N4O3/c1-14(2)25-20-18(12-22-25)17(11-15(3)23-20)21(28)24(13-19(26)27)10-9-16-7-5-4-6-8-16/h4-8,11-12,14H,9-10,13H2,1-3H3,(H,26,27). The van der Waals surface area contributed by atoms with Crippen LogP contribution in [0.5, 0.6) is 0 Å². The summed E-state index contributed by atoms with van der Waals surface area (Å²) >= 11 is 0. The molecule has 0 aliphatic carbocycles. The van der Waals surface area contributed by atoms with Gasteiger partial charge in [0, 0.05) is 18.3 Å². The maximum atomic E-state index is 13.2.